The highest BCUT2D eigenvalue weighted by Crippen LogP contribution is 2.36. The number of hydrogen-bond donors (Lipinski definition) is 0. The second-order valence-electron chi connectivity index (χ2n) is 4.23. The Morgan fingerprint density at radius 1 is 1.19 bits per heavy atom. The third-order valence-corrected chi connectivity index (χ3v) is 5.43. The fourth-order valence-corrected chi connectivity index (χ4v) is 3.20. The van der Waals surface area contributed by atoms with Gasteiger partial charge in [-0.05, 0) is 36.3 Å². The van der Waals surface area contributed by atoms with E-state index in [0.29, 0.717) is 10.0 Å². The summed E-state index contributed by atoms with van der Waals surface area (Å²) in [4.78, 5) is 0. The van der Waals surface area contributed by atoms with Crippen LogP contribution in [0.4, 0.5) is 0 Å². The lowest BCUT2D eigenvalue weighted by atomic mass is 9.79. The van der Waals surface area contributed by atoms with Crippen molar-refractivity contribution in [1.29, 1.82) is 0 Å². The third-order valence-electron chi connectivity index (χ3n) is 3.38. The van der Waals surface area contributed by atoms with Crippen LogP contribution >= 0.6 is 39.1 Å². The van der Waals surface area contributed by atoms with E-state index in [1.165, 1.54) is 0 Å². The Balaban J connectivity index is 2.98. The summed E-state index contributed by atoms with van der Waals surface area (Å²) in [5.41, 5.74) is 1.44. The Bertz CT molecular complexity index is 338. The molecule has 0 aromatic heterocycles. The average Bonchev–Trinajstić information content (AvgIpc) is 2.32. The average molecular weight is 324 g/mol. The molecule has 0 aliphatic heterocycles. The molecule has 0 saturated carbocycles. The van der Waals surface area contributed by atoms with Crippen molar-refractivity contribution in [2.24, 2.45) is 5.41 Å². The molecule has 16 heavy (non-hydrogen) atoms. The first-order valence-electron chi connectivity index (χ1n) is 5.57. The largest absolute Gasteiger partial charge is 0.0922 e. The molecule has 0 fully saturated rings. The first kappa shape index (κ1) is 14.3. The summed E-state index contributed by atoms with van der Waals surface area (Å²) in [5.74, 6) is 0. The fraction of sp³-hybridized carbons (Fsp3) is 0.538. The zero-order chi connectivity index (χ0) is 12.2. The summed E-state index contributed by atoms with van der Waals surface area (Å²) in [6, 6.07) is 5.87. The van der Waals surface area contributed by atoms with Crippen LogP contribution in [0.25, 0.3) is 0 Å². The van der Waals surface area contributed by atoms with Crippen LogP contribution in [-0.4, -0.2) is 5.33 Å². The van der Waals surface area contributed by atoms with Gasteiger partial charge in [0.05, 0.1) is 10.0 Å². The van der Waals surface area contributed by atoms with Crippen LogP contribution < -0.4 is 0 Å². The molecule has 0 unspecified atom stereocenters. The van der Waals surface area contributed by atoms with Gasteiger partial charge >= 0.3 is 0 Å². The van der Waals surface area contributed by atoms with E-state index < -0.39 is 0 Å². The maximum Gasteiger partial charge on any atom is 0.0624 e. The molecule has 1 aromatic carbocycles. The highest BCUT2D eigenvalue weighted by Gasteiger charge is 2.26. The Hall–Kier alpha value is 0.280. The van der Waals surface area contributed by atoms with Crippen LogP contribution in [0.3, 0.4) is 0 Å². The van der Waals surface area contributed by atoms with Crippen molar-refractivity contribution in [1.82, 2.24) is 0 Å². The second kappa shape index (κ2) is 6.28. The minimum absolute atomic E-state index is 0.286. The lowest BCUT2D eigenvalue weighted by molar-refractivity contribution is 0.307. The minimum atomic E-state index is 0.286. The van der Waals surface area contributed by atoms with E-state index in [1.807, 2.05) is 12.1 Å². The zero-order valence-electron chi connectivity index (χ0n) is 9.69. The zero-order valence-corrected chi connectivity index (χ0v) is 12.8. The monoisotopic (exact) mass is 322 g/mol. The Kier molecular flexibility index (Phi) is 5.63. The minimum Gasteiger partial charge on any atom is -0.0922 e. The fourth-order valence-electron chi connectivity index (χ4n) is 1.83. The van der Waals surface area contributed by atoms with Gasteiger partial charge in [-0.2, -0.15) is 0 Å². The van der Waals surface area contributed by atoms with Crippen molar-refractivity contribution in [3.05, 3.63) is 33.8 Å². The molecule has 0 nitrogen and oxygen atoms in total. The van der Waals surface area contributed by atoms with Gasteiger partial charge in [0, 0.05) is 5.33 Å². The number of hydrogen-bond acceptors (Lipinski definition) is 0. The van der Waals surface area contributed by atoms with Crippen LogP contribution in [0.5, 0.6) is 0 Å². The van der Waals surface area contributed by atoms with Gasteiger partial charge in [0.1, 0.15) is 0 Å². The summed E-state index contributed by atoms with van der Waals surface area (Å²) < 4.78 is 0. The first-order chi connectivity index (χ1) is 7.58. The topological polar surface area (TPSA) is 0 Å². The molecule has 90 valence electrons. The van der Waals surface area contributed by atoms with Crippen LogP contribution in [0, 0.1) is 5.41 Å². The standard InChI is InChI=1S/C13H17BrCl2/c1-3-13(4-2,9-14)8-10-6-5-7-11(15)12(10)16/h5-7H,3-4,8-9H2,1-2H3. The lowest BCUT2D eigenvalue weighted by Crippen LogP contribution is -2.24. The molecule has 0 amide bonds. The van der Waals surface area contributed by atoms with Gasteiger partial charge < -0.3 is 0 Å². The van der Waals surface area contributed by atoms with Gasteiger partial charge in [-0.25, -0.2) is 0 Å². The van der Waals surface area contributed by atoms with E-state index in [1.54, 1.807) is 0 Å². The van der Waals surface area contributed by atoms with Crippen molar-refractivity contribution in [3.8, 4) is 0 Å². The maximum absolute atomic E-state index is 6.22. The normalized spacial score (nSPS) is 11.8. The quantitative estimate of drug-likeness (QED) is 0.606. The molecule has 0 atom stereocenters. The predicted molar refractivity (Wildman–Crippen MR) is 77.0 cm³/mol. The van der Waals surface area contributed by atoms with E-state index in [0.717, 1.165) is 30.2 Å². The molecule has 0 aliphatic carbocycles. The van der Waals surface area contributed by atoms with Crippen molar-refractivity contribution < 1.29 is 0 Å². The Labute approximate surface area is 116 Å². The number of benzene rings is 1. The summed E-state index contributed by atoms with van der Waals surface area (Å²) >= 11 is 15.9. The molecular formula is C13H17BrCl2. The molecule has 0 spiro atoms. The van der Waals surface area contributed by atoms with Gasteiger partial charge in [0.2, 0.25) is 0 Å². The van der Waals surface area contributed by atoms with Gasteiger partial charge in [-0.1, -0.05) is 65.1 Å². The van der Waals surface area contributed by atoms with Gasteiger partial charge in [-0.15, -0.1) is 0 Å². The molecule has 1 rings (SSSR count). The van der Waals surface area contributed by atoms with E-state index >= 15 is 0 Å². The van der Waals surface area contributed by atoms with Gasteiger partial charge in [0.25, 0.3) is 0 Å². The Morgan fingerprint density at radius 3 is 2.31 bits per heavy atom. The molecule has 0 aliphatic rings. The summed E-state index contributed by atoms with van der Waals surface area (Å²) in [5, 5.41) is 2.35. The summed E-state index contributed by atoms with van der Waals surface area (Å²) in [6.07, 6.45) is 3.25. The molecular weight excluding hydrogens is 307 g/mol. The van der Waals surface area contributed by atoms with Crippen LogP contribution in [-0.2, 0) is 6.42 Å². The number of alkyl halides is 1. The van der Waals surface area contributed by atoms with Gasteiger partial charge in [-0.3, -0.25) is 0 Å². The van der Waals surface area contributed by atoms with Crippen molar-refractivity contribution in [3.63, 3.8) is 0 Å². The van der Waals surface area contributed by atoms with Crippen LogP contribution in [0.1, 0.15) is 32.3 Å². The molecule has 3 heteroatoms. The Morgan fingerprint density at radius 2 is 1.81 bits per heavy atom. The van der Waals surface area contributed by atoms with E-state index in [-0.39, 0.29) is 5.41 Å². The molecule has 0 radical (unpaired) electrons. The lowest BCUT2D eigenvalue weighted by Gasteiger charge is -2.30. The maximum atomic E-state index is 6.22. The second-order valence-corrected chi connectivity index (χ2v) is 5.58. The molecule has 0 bridgehead atoms. The molecule has 1 aromatic rings. The van der Waals surface area contributed by atoms with Crippen molar-refractivity contribution in [2.45, 2.75) is 33.1 Å². The SMILES string of the molecule is CCC(CC)(CBr)Cc1cccc(Cl)c1Cl. The van der Waals surface area contributed by atoms with E-state index in [4.69, 9.17) is 23.2 Å². The molecule has 0 N–H and O–H groups in total. The van der Waals surface area contributed by atoms with E-state index in [9.17, 15) is 0 Å². The summed E-state index contributed by atoms with van der Waals surface area (Å²) in [6.45, 7) is 4.45. The molecule has 0 heterocycles. The number of halogens is 3. The van der Waals surface area contributed by atoms with Crippen molar-refractivity contribution in [2.75, 3.05) is 5.33 Å². The third kappa shape index (κ3) is 3.15. The predicted octanol–water partition coefficient (Wildman–Crippen LogP) is 5.74. The highest BCUT2D eigenvalue weighted by molar-refractivity contribution is 9.09. The smallest absolute Gasteiger partial charge is 0.0624 e. The highest BCUT2D eigenvalue weighted by atomic mass is 79.9. The molecule has 0 saturated heterocycles. The van der Waals surface area contributed by atoms with Crippen LogP contribution in [0.15, 0.2) is 18.2 Å². The first-order valence-corrected chi connectivity index (χ1v) is 7.45. The van der Waals surface area contributed by atoms with Crippen molar-refractivity contribution >= 4 is 39.1 Å². The van der Waals surface area contributed by atoms with E-state index in [2.05, 4.69) is 35.8 Å². The number of rotatable bonds is 5. The van der Waals surface area contributed by atoms with Gasteiger partial charge in [0.15, 0.2) is 0 Å². The summed E-state index contributed by atoms with van der Waals surface area (Å²) in [7, 11) is 0. The van der Waals surface area contributed by atoms with Crippen LogP contribution in [0.2, 0.25) is 10.0 Å².